The van der Waals surface area contributed by atoms with Crippen LogP contribution in [0.2, 0.25) is 19.6 Å². The zero-order chi connectivity index (χ0) is 12.2. The molecule has 88 valence electrons. The Morgan fingerprint density at radius 1 is 1.19 bits per heavy atom. The van der Waals surface area contributed by atoms with Crippen LogP contribution in [0.25, 0.3) is 5.57 Å². The summed E-state index contributed by atoms with van der Waals surface area (Å²) in [6, 6.07) is 7.90. The van der Waals surface area contributed by atoms with Gasteiger partial charge in [-0.15, -0.1) is 0 Å². The van der Waals surface area contributed by atoms with Gasteiger partial charge >= 0.3 is 0 Å². The third kappa shape index (κ3) is 4.21. The van der Waals surface area contributed by atoms with Crippen molar-refractivity contribution in [2.24, 2.45) is 0 Å². The summed E-state index contributed by atoms with van der Waals surface area (Å²) in [6.07, 6.45) is 0. The van der Waals surface area contributed by atoms with Crippen LogP contribution in [0, 0.1) is 0 Å². The summed E-state index contributed by atoms with van der Waals surface area (Å²) >= 11 is 0. The zero-order valence-corrected chi connectivity index (χ0v) is 11.5. The van der Waals surface area contributed by atoms with E-state index in [1.807, 2.05) is 24.3 Å². The van der Waals surface area contributed by atoms with Gasteiger partial charge in [0.25, 0.3) is 0 Å². The number of hydrogen-bond donors (Lipinski definition) is 0. The molecule has 0 aromatic heterocycles. The maximum atomic E-state index is 5.81. The van der Waals surface area contributed by atoms with Crippen molar-refractivity contribution in [3.05, 3.63) is 36.4 Å². The van der Waals surface area contributed by atoms with Crippen LogP contribution in [0.1, 0.15) is 5.56 Å². The summed E-state index contributed by atoms with van der Waals surface area (Å²) in [5.41, 5.74) is 2.13. The predicted octanol–water partition coefficient (Wildman–Crippen LogP) is 3.56. The fourth-order valence-corrected chi connectivity index (χ4v) is 1.82. The molecule has 2 nitrogen and oxygen atoms in total. The molecule has 0 N–H and O–H groups in total. The highest BCUT2D eigenvalue weighted by Crippen LogP contribution is 2.18. The Bertz CT molecular complexity index is 349. The Balaban J connectivity index is 2.59. The van der Waals surface area contributed by atoms with Crippen LogP contribution in [-0.4, -0.2) is 22.0 Å². The van der Waals surface area contributed by atoms with Gasteiger partial charge in [-0.2, -0.15) is 0 Å². The normalized spacial score (nSPS) is 11.2. The molecule has 1 rings (SSSR count). The smallest absolute Gasteiger partial charge is 0.184 e. The minimum atomic E-state index is -1.46. The van der Waals surface area contributed by atoms with Gasteiger partial charge in [0.05, 0.1) is 13.7 Å². The van der Waals surface area contributed by atoms with Crippen molar-refractivity contribution in [1.29, 1.82) is 0 Å². The number of methoxy groups -OCH3 is 1. The largest absolute Gasteiger partial charge is 0.497 e. The molecule has 0 aliphatic carbocycles. The van der Waals surface area contributed by atoms with Crippen molar-refractivity contribution < 1.29 is 9.16 Å². The fraction of sp³-hybridized carbons (Fsp3) is 0.385. The van der Waals surface area contributed by atoms with E-state index in [1.165, 1.54) is 0 Å². The first-order valence-corrected chi connectivity index (χ1v) is 8.79. The van der Waals surface area contributed by atoms with E-state index in [0.717, 1.165) is 16.9 Å². The SMILES string of the molecule is C=C(CO[Si](C)(C)C)c1ccc(OC)cc1. The predicted molar refractivity (Wildman–Crippen MR) is 71.3 cm³/mol. The van der Waals surface area contributed by atoms with Crippen molar-refractivity contribution >= 4 is 13.9 Å². The van der Waals surface area contributed by atoms with Gasteiger partial charge in [0, 0.05) is 0 Å². The maximum absolute atomic E-state index is 5.81. The standard InChI is InChI=1S/C13H20O2Si/c1-11(10-15-16(3,4)5)12-6-8-13(14-2)9-7-12/h6-9H,1,10H2,2-5H3. The fourth-order valence-electron chi connectivity index (χ4n) is 1.21. The van der Waals surface area contributed by atoms with Gasteiger partial charge in [0.1, 0.15) is 5.75 Å². The Morgan fingerprint density at radius 2 is 1.75 bits per heavy atom. The van der Waals surface area contributed by atoms with Crippen LogP contribution in [0.15, 0.2) is 30.8 Å². The van der Waals surface area contributed by atoms with E-state index in [9.17, 15) is 0 Å². The first-order valence-electron chi connectivity index (χ1n) is 5.38. The van der Waals surface area contributed by atoms with Crippen LogP contribution in [0.5, 0.6) is 5.75 Å². The van der Waals surface area contributed by atoms with Gasteiger partial charge < -0.3 is 9.16 Å². The minimum absolute atomic E-state index is 0.613. The summed E-state index contributed by atoms with van der Waals surface area (Å²) in [5, 5.41) is 0. The quantitative estimate of drug-likeness (QED) is 0.728. The summed E-state index contributed by atoms with van der Waals surface area (Å²) in [6.45, 7) is 11.2. The molecule has 0 bridgehead atoms. The number of ether oxygens (including phenoxy) is 1. The van der Waals surface area contributed by atoms with Crippen LogP contribution >= 0.6 is 0 Å². The van der Waals surface area contributed by atoms with E-state index >= 15 is 0 Å². The van der Waals surface area contributed by atoms with Gasteiger partial charge in [0.15, 0.2) is 8.32 Å². The van der Waals surface area contributed by atoms with Gasteiger partial charge in [0.2, 0.25) is 0 Å². The summed E-state index contributed by atoms with van der Waals surface area (Å²) in [4.78, 5) is 0. The molecule has 1 aromatic carbocycles. The lowest BCUT2D eigenvalue weighted by Crippen LogP contribution is -2.26. The molecule has 0 saturated carbocycles. The highest BCUT2D eigenvalue weighted by molar-refractivity contribution is 6.69. The maximum Gasteiger partial charge on any atom is 0.184 e. The Hall–Kier alpha value is -1.06. The average Bonchev–Trinajstić information content (AvgIpc) is 2.25. The molecule has 16 heavy (non-hydrogen) atoms. The second kappa shape index (κ2) is 5.32. The van der Waals surface area contributed by atoms with E-state index in [1.54, 1.807) is 7.11 Å². The molecule has 0 saturated heterocycles. The highest BCUT2D eigenvalue weighted by Gasteiger charge is 2.14. The third-order valence-electron chi connectivity index (χ3n) is 2.18. The van der Waals surface area contributed by atoms with Crippen molar-refractivity contribution in [2.45, 2.75) is 19.6 Å². The molecule has 3 heteroatoms. The monoisotopic (exact) mass is 236 g/mol. The number of rotatable bonds is 5. The summed E-state index contributed by atoms with van der Waals surface area (Å²) < 4.78 is 10.9. The zero-order valence-electron chi connectivity index (χ0n) is 10.5. The van der Waals surface area contributed by atoms with Crippen molar-refractivity contribution in [1.82, 2.24) is 0 Å². The molecular weight excluding hydrogens is 216 g/mol. The van der Waals surface area contributed by atoms with Gasteiger partial charge in [-0.05, 0) is 42.9 Å². The lowest BCUT2D eigenvalue weighted by molar-refractivity contribution is 0.365. The molecule has 0 fully saturated rings. The van der Waals surface area contributed by atoms with Crippen LogP contribution in [0.3, 0.4) is 0 Å². The van der Waals surface area contributed by atoms with Crippen molar-refractivity contribution in [3.63, 3.8) is 0 Å². The number of hydrogen-bond acceptors (Lipinski definition) is 2. The van der Waals surface area contributed by atoms with E-state index in [2.05, 4.69) is 26.2 Å². The molecule has 1 aromatic rings. The van der Waals surface area contributed by atoms with E-state index in [-0.39, 0.29) is 0 Å². The molecule has 0 aliphatic heterocycles. The molecule has 0 radical (unpaired) electrons. The molecule has 0 spiro atoms. The molecule has 0 atom stereocenters. The Kier molecular flexibility index (Phi) is 4.32. The molecule has 0 aliphatic rings. The topological polar surface area (TPSA) is 18.5 Å². The molecule has 0 unspecified atom stereocenters. The second-order valence-corrected chi connectivity index (χ2v) is 9.25. The van der Waals surface area contributed by atoms with Crippen molar-refractivity contribution in [2.75, 3.05) is 13.7 Å². The number of benzene rings is 1. The molecule has 0 heterocycles. The second-order valence-electron chi connectivity index (χ2n) is 4.73. The average molecular weight is 236 g/mol. The summed E-state index contributed by atoms with van der Waals surface area (Å²) in [7, 11) is 0.209. The van der Waals surface area contributed by atoms with Gasteiger partial charge in [-0.3, -0.25) is 0 Å². The Labute approximate surface area is 99.0 Å². The third-order valence-corrected chi connectivity index (χ3v) is 3.19. The summed E-state index contributed by atoms with van der Waals surface area (Å²) in [5.74, 6) is 0.864. The van der Waals surface area contributed by atoms with Crippen LogP contribution in [0.4, 0.5) is 0 Å². The highest BCUT2D eigenvalue weighted by atomic mass is 28.4. The van der Waals surface area contributed by atoms with Crippen LogP contribution in [-0.2, 0) is 4.43 Å². The van der Waals surface area contributed by atoms with Crippen molar-refractivity contribution in [3.8, 4) is 5.75 Å². The lowest BCUT2D eigenvalue weighted by Gasteiger charge is -2.18. The first kappa shape index (κ1) is 13.0. The first-order chi connectivity index (χ1) is 7.42. The molecular formula is C13H20O2Si. The lowest BCUT2D eigenvalue weighted by atomic mass is 10.1. The van der Waals surface area contributed by atoms with E-state index in [4.69, 9.17) is 9.16 Å². The van der Waals surface area contributed by atoms with Gasteiger partial charge in [-0.1, -0.05) is 18.7 Å². The minimum Gasteiger partial charge on any atom is -0.497 e. The van der Waals surface area contributed by atoms with Gasteiger partial charge in [-0.25, -0.2) is 0 Å². The van der Waals surface area contributed by atoms with E-state index < -0.39 is 8.32 Å². The van der Waals surface area contributed by atoms with E-state index in [0.29, 0.717) is 6.61 Å². The molecule has 0 amide bonds. The van der Waals surface area contributed by atoms with Crippen LogP contribution < -0.4 is 4.74 Å². The Morgan fingerprint density at radius 3 is 2.19 bits per heavy atom.